The second kappa shape index (κ2) is 9.14. The molecular weight excluding hydrogens is 383 g/mol. The Hall–Kier alpha value is -2.79. The van der Waals surface area contributed by atoms with Crippen LogP contribution in [0.5, 0.6) is 0 Å². The number of carbonyl (C=O) groups excluding carboxylic acids is 1. The number of benzene rings is 3. The highest BCUT2D eigenvalue weighted by atomic mass is 32.2. The zero-order valence-electron chi connectivity index (χ0n) is 16.1. The number of thioether (sulfide) groups is 1. The molecule has 3 aromatic carbocycles. The lowest BCUT2D eigenvalue weighted by Crippen LogP contribution is -2.39. The fourth-order valence-electron chi connectivity index (χ4n) is 3.51. The van der Waals surface area contributed by atoms with Gasteiger partial charge in [-0.25, -0.2) is 4.39 Å². The summed E-state index contributed by atoms with van der Waals surface area (Å²) in [6.45, 7) is 1.27. The van der Waals surface area contributed by atoms with Gasteiger partial charge >= 0.3 is 0 Å². The first-order valence-electron chi connectivity index (χ1n) is 9.75. The molecular formula is C24H23FN2OS. The molecule has 4 rings (SSSR count). The monoisotopic (exact) mass is 406 g/mol. The molecule has 1 aliphatic heterocycles. The lowest BCUT2D eigenvalue weighted by molar-refractivity contribution is -0.120. The second-order valence-electron chi connectivity index (χ2n) is 7.12. The molecule has 0 aliphatic carbocycles. The molecule has 0 saturated carbocycles. The number of nitrogens with one attached hydrogen (secondary N) is 1. The van der Waals surface area contributed by atoms with Gasteiger partial charge in [-0.2, -0.15) is 0 Å². The molecule has 148 valence electrons. The van der Waals surface area contributed by atoms with Gasteiger partial charge in [0.25, 0.3) is 0 Å². The maximum atomic E-state index is 13.8. The highest BCUT2D eigenvalue weighted by Gasteiger charge is 2.20. The Morgan fingerprint density at radius 1 is 1.03 bits per heavy atom. The maximum Gasteiger partial charge on any atom is 0.224 e. The van der Waals surface area contributed by atoms with Crippen molar-refractivity contribution in [3.8, 4) is 0 Å². The van der Waals surface area contributed by atoms with Crippen molar-refractivity contribution in [2.75, 3.05) is 13.1 Å². The van der Waals surface area contributed by atoms with Gasteiger partial charge in [-0.15, -0.1) is 11.8 Å². The van der Waals surface area contributed by atoms with E-state index in [4.69, 9.17) is 0 Å². The Morgan fingerprint density at radius 2 is 1.83 bits per heavy atom. The molecule has 5 heteroatoms. The van der Waals surface area contributed by atoms with Gasteiger partial charge in [0.05, 0.1) is 11.8 Å². The lowest BCUT2D eigenvalue weighted by Gasteiger charge is -2.25. The molecule has 1 unspecified atom stereocenters. The molecule has 0 aromatic heterocycles. The van der Waals surface area contributed by atoms with Crippen LogP contribution in [0.25, 0.3) is 10.8 Å². The average molecular weight is 407 g/mol. The van der Waals surface area contributed by atoms with E-state index in [0.717, 1.165) is 23.1 Å². The Balaban J connectivity index is 1.28. The first-order valence-corrected chi connectivity index (χ1v) is 10.7. The Labute approximate surface area is 174 Å². The summed E-state index contributed by atoms with van der Waals surface area (Å²) in [7, 11) is 0. The molecule has 29 heavy (non-hydrogen) atoms. The third-order valence-corrected chi connectivity index (χ3v) is 6.14. The number of amides is 1. The predicted molar refractivity (Wildman–Crippen MR) is 118 cm³/mol. The molecule has 0 radical (unpaired) electrons. The summed E-state index contributed by atoms with van der Waals surface area (Å²) in [6, 6.07) is 21.2. The van der Waals surface area contributed by atoms with Crippen LogP contribution in [0.3, 0.4) is 0 Å². The van der Waals surface area contributed by atoms with Crippen molar-refractivity contribution in [2.24, 2.45) is 0 Å². The third kappa shape index (κ3) is 4.98. The fourth-order valence-corrected chi connectivity index (χ4v) is 4.43. The van der Waals surface area contributed by atoms with Crippen molar-refractivity contribution in [3.63, 3.8) is 0 Å². The van der Waals surface area contributed by atoms with Gasteiger partial charge in [-0.3, -0.25) is 4.79 Å². The van der Waals surface area contributed by atoms with Crippen molar-refractivity contribution < 1.29 is 9.18 Å². The number of nitrogens with zero attached hydrogens (tertiary/aromatic N) is 1. The van der Waals surface area contributed by atoms with Crippen LogP contribution in [0, 0.1) is 5.82 Å². The molecule has 3 nitrogen and oxygen atoms in total. The fraction of sp³-hybridized carbons (Fsp3) is 0.208. The van der Waals surface area contributed by atoms with Crippen LogP contribution in [0.2, 0.25) is 0 Å². The zero-order chi connectivity index (χ0) is 20.1. The first-order chi connectivity index (χ1) is 14.2. The second-order valence-corrected chi connectivity index (χ2v) is 8.21. The summed E-state index contributed by atoms with van der Waals surface area (Å²) in [6.07, 6.45) is 3.02. The minimum Gasteiger partial charge on any atom is -0.363 e. The van der Waals surface area contributed by atoms with E-state index >= 15 is 0 Å². The summed E-state index contributed by atoms with van der Waals surface area (Å²) < 4.78 is 13.8. The van der Waals surface area contributed by atoms with Gasteiger partial charge in [0.2, 0.25) is 5.91 Å². The molecule has 1 atom stereocenters. The van der Waals surface area contributed by atoms with Crippen molar-refractivity contribution >= 4 is 28.4 Å². The van der Waals surface area contributed by atoms with Gasteiger partial charge in [0.1, 0.15) is 5.82 Å². The van der Waals surface area contributed by atoms with E-state index in [1.165, 1.54) is 11.5 Å². The van der Waals surface area contributed by atoms with Gasteiger partial charge < -0.3 is 10.2 Å². The summed E-state index contributed by atoms with van der Waals surface area (Å²) >= 11 is 1.68. The van der Waals surface area contributed by atoms with Crippen LogP contribution in [-0.2, 0) is 17.6 Å². The van der Waals surface area contributed by atoms with Gasteiger partial charge in [-0.05, 0) is 39.8 Å². The first kappa shape index (κ1) is 19.5. The maximum absolute atomic E-state index is 13.8. The van der Waals surface area contributed by atoms with E-state index in [1.54, 1.807) is 17.8 Å². The minimum atomic E-state index is -0.163. The molecule has 0 saturated heterocycles. The molecule has 0 spiro atoms. The van der Waals surface area contributed by atoms with Crippen LogP contribution in [0.4, 0.5) is 4.39 Å². The largest absolute Gasteiger partial charge is 0.363 e. The molecule has 0 bridgehead atoms. The quantitative estimate of drug-likeness (QED) is 0.616. The van der Waals surface area contributed by atoms with Crippen molar-refractivity contribution in [3.05, 3.63) is 95.3 Å². The van der Waals surface area contributed by atoms with Crippen LogP contribution >= 0.6 is 11.8 Å². The van der Waals surface area contributed by atoms with Gasteiger partial charge in [0.15, 0.2) is 0 Å². The zero-order valence-corrected chi connectivity index (χ0v) is 16.9. The summed E-state index contributed by atoms with van der Waals surface area (Å²) in [5.41, 5.74) is 1.73. The Kier molecular flexibility index (Phi) is 6.15. The Morgan fingerprint density at radius 3 is 2.69 bits per heavy atom. The van der Waals surface area contributed by atoms with Crippen LogP contribution in [0.15, 0.2) is 78.3 Å². The smallest absolute Gasteiger partial charge is 0.224 e. The number of hydrogen-bond donors (Lipinski definition) is 1. The predicted octanol–water partition coefficient (Wildman–Crippen LogP) is 4.73. The van der Waals surface area contributed by atoms with Crippen molar-refractivity contribution in [2.45, 2.75) is 18.2 Å². The van der Waals surface area contributed by atoms with E-state index in [9.17, 15) is 9.18 Å². The topological polar surface area (TPSA) is 32.3 Å². The SMILES string of the molecule is O=C(Cc1ccc2ccccc2c1)NCC1SC=CN1CCc1ccccc1F. The summed E-state index contributed by atoms with van der Waals surface area (Å²) in [5, 5.41) is 7.54. The molecule has 3 aromatic rings. The van der Waals surface area contributed by atoms with Crippen LogP contribution in [0.1, 0.15) is 11.1 Å². The van der Waals surface area contributed by atoms with Crippen LogP contribution < -0.4 is 5.32 Å². The molecule has 0 fully saturated rings. The highest BCUT2D eigenvalue weighted by molar-refractivity contribution is 8.02. The molecule has 1 heterocycles. The normalized spacial score (nSPS) is 15.8. The van der Waals surface area contributed by atoms with E-state index in [1.807, 2.05) is 41.9 Å². The molecule has 1 amide bonds. The van der Waals surface area contributed by atoms with E-state index < -0.39 is 0 Å². The number of rotatable bonds is 7. The average Bonchev–Trinajstić information content (AvgIpc) is 3.19. The number of halogens is 1. The van der Waals surface area contributed by atoms with Gasteiger partial charge in [0, 0.05) is 19.3 Å². The third-order valence-electron chi connectivity index (χ3n) is 5.11. The lowest BCUT2D eigenvalue weighted by atomic mass is 10.0. The number of carbonyl (C=O) groups is 1. The standard InChI is InChI=1S/C24H23FN2OS/c25-22-8-4-3-6-20(22)11-12-27-13-14-29-24(27)17-26-23(28)16-18-9-10-19-5-1-2-7-21(19)15-18/h1-10,13-15,24H,11-12,16-17H2,(H,26,28). The molecule has 1 aliphatic rings. The number of fused-ring (bicyclic) bond motifs is 1. The van der Waals surface area contributed by atoms with E-state index in [2.05, 4.69) is 34.5 Å². The van der Waals surface area contributed by atoms with E-state index in [0.29, 0.717) is 19.4 Å². The minimum absolute atomic E-state index is 0.0156. The van der Waals surface area contributed by atoms with Crippen molar-refractivity contribution in [1.82, 2.24) is 10.2 Å². The van der Waals surface area contributed by atoms with E-state index in [-0.39, 0.29) is 17.1 Å². The Bertz CT molecular complexity index is 1040. The van der Waals surface area contributed by atoms with Gasteiger partial charge in [-0.1, -0.05) is 60.7 Å². The number of hydrogen-bond acceptors (Lipinski definition) is 3. The highest BCUT2D eigenvalue weighted by Crippen LogP contribution is 2.25. The summed E-state index contributed by atoms with van der Waals surface area (Å²) in [4.78, 5) is 14.6. The van der Waals surface area contributed by atoms with Crippen molar-refractivity contribution in [1.29, 1.82) is 0 Å². The summed E-state index contributed by atoms with van der Waals surface area (Å²) in [5.74, 6) is -0.148. The molecule has 1 N–H and O–H groups in total. The van der Waals surface area contributed by atoms with Crippen LogP contribution in [-0.4, -0.2) is 29.3 Å².